The molecule has 0 bridgehead atoms. The summed E-state index contributed by atoms with van der Waals surface area (Å²) >= 11 is 13.2. The van der Waals surface area contributed by atoms with E-state index in [1.807, 2.05) is 36.4 Å². The molecule has 0 saturated carbocycles. The molecule has 0 aliphatic heterocycles. The predicted octanol–water partition coefficient (Wildman–Crippen LogP) is 4.18. The molecule has 0 radical (unpaired) electrons. The molecule has 0 saturated heterocycles. The van der Waals surface area contributed by atoms with Crippen LogP contribution < -0.4 is 10.1 Å². The lowest BCUT2D eigenvalue weighted by Crippen LogP contribution is -2.23. The van der Waals surface area contributed by atoms with Crippen LogP contribution in [-0.2, 0) is 0 Å². The van der Waals surface area contributed by atoms with Crippen LogP contribution in [-0.4, -0.2) is 14.6 Å². The van der Waals surface area contributed by atoms with Gasteiger partial charge >= 0.3 is 0 Å². The van der Waals surface area contributed by atoms with Crippen molar-refractivity contribution in [3.63, 3.8) is 0 Å². The van der Waals surface area contributed by atoms with Gasteiger partial charge in [0.2, 0.25) is 4.96 Å². The molecule has 7 heteroatoms. The van der Waals surface area contributed by atoms with Crippen LogP contribution in [0.3, 0.4) is 0 Å². The molecule has 2 aromatic heterocycles. The average Bonchev–Trinajstić information content (AvgIpc) is 3.17. The van der Waals surface area contributed by atoms with Gasteiger partial charge in [-0.3, -0.25) is 4.79 Å². The summed E-state index contributed by atoms with van der Waals surface area (Å²) in [6.07, 6.45) is 5.45. The van der Waals surface area contributed by atoms with Gasteiger partial charge in [-0.2, -0.15) is 9.50 Å². The molecule has 0 aliphatic rings. The quantitative estimate of drug-likeness (QED) is 0.519. The third-order valence-corrected chi connectivity index (χ3v) is 5.36. The molecule has 4 aromatic rings. The lowest BCUT2D eigenvalue weighted by atomic mass is 10.2. The van der Waals surface area contributed by atoms with Crippen molar-refractivity contribution >= 4 is 57.7 Å². The Bertz CT molecular complexity index is 1230. The largest absolute Gasteiger partial charge is 0.291 e. The molecule has 0 unspecified atom stereocenters. The lowest BCUT2D eigenvalue weighted by Gasteiger charge is -1.96. The highest BCUT2D eigenvalue weighted by Crippen LogP contribution is 2.22. The molecule has 2 heterocycles. The number of hydrogen-bond donors (Lipinski definition) is 0. The minimum atomic E-state index is -0.206. The second-order valence-corrected chi connectivity index (χ2v) is 7.32. The molecule has 2 aromatic carbocycles. The van der Waals surface area contributed by atoms with Gasteiger partial charge in [0.1, 0.15) is 0 Å². The maximum Gasteiger partial charge on any atom is 0.291 e. The number of aromatic nitrogens is 3. The van der Waals surface area contributed by atoms with Gasteiger partial charge in [-0.25, -0.2) is 0 Å². The van der Waals surface area contributed by atoms with Crippen molar-refractivity contribution in [1.82, 2.24) is 14.6 Å². The number of halogens is 2. The summed E-state index contributed by atoms with van der Waals surface area (Å²) in [5.41, 5.74) is 1.63. The number of rotatable bonds is 3. The first-order chi connectivity index (χ1) is 12.6. The maximum atomic E-state index is 12.5. The Morgan fingerprint density at radius 3 is 2.50 bits per heavy atom. The normalized spacial score (nSPS) is 12.5. The number of thiazole rings is 1. The van der Waals surface area contributed by atoms with Crippen molar-refractivity contribution in [3.8, 4) is 0 Å². The highest BCUT2D eigenvalue weighted by Gasteiger charge is 2.09. The highest BCUT2D eigenvalue weighted by molar-refractivity contribution is 7.15. The van der Waals surface area contributed by atoms with Crippen molar-refractivity contribution in [2.24, 2.45) is 0 Å². The summed E-state index contributed by atoms with van der Waals surface area (Å²) in [7, 11) is 0. The summed E-state index contributed by atoms with van der Waals surface area (Å²) in [6, 6.07) is 15.1. The van der Waals surface area contributed by atoms with Gasteiger partial charge in [0.05, 0.1) is 14.6 Å². The zero-order chi connectivity index (χ0) is 18.1. The van der Waals surface area contributed by atoms with E-state index in [1.165, 1.54) is 15.9 Å². The topological polar surface area (TPSA) is 47.3 Å². The van der Waals surface area contributed by atoms with E-state index in [9.17, 15) is 4.79 Å². The van der Waals surface area contributed by atoms with E-state index < -0.39 is 0 Å². The molecule has 0 aliphatic carbocycles. The molecule has 0 fully saturated rings. The molecule has 0 N–H and O–H groups in total. The molecule has 4 rings (SSSR count). The van der Waals surface area contributed by atoms with Crippen molar-refractivity contribution in [3.05, 3.63) is 90.4 Å². The van der Waals surface area contributed by atoms with E-state index in [1.54, 1.807) is 30.4 Å². The smallest absolute Gasteiger partial charge is 0.266 e. The minimum Gasteiger partial charge on any atom is -0.266 e. The second-order valence-electron chi connectivity index (χ2n) is 5.50. The van der Waals surface area contributed by atoms with Crippen LogP contribution in [0.2, 0.25) is 10.0 Å². The maximum absolute atomic E-state index is 12.5. The highest BCUT2D eigenvalue weighted by atomic mass is 35.5. The lowest BCUT2D eigenvalue weighted by molar-refractivity contribution is 0.925. The predicted molar refractivity (Wildman–Crippen MR) is 108 cm³/mol. The first-order valence-electron chi connectivity index (χ1n) is 7.70. The summed E-state index contributed by atoms with van der Waals surface area (Å²) in [5.74, 6) is 0.498. The summed E-state index contributed by atoms with van der Waals surface area (Å²) in [6.45, 7) is 0. The Morgan fingerprint density at radius 2 is 1.77 bits per heavy atom. The molecular weight excluding hydrogens is 389 g/mol. The van der Waals surface area contributed by atoms with Crippen LogP contribution in [0.1, 0.15) is 17.0 Å². The fourth-order valence-corrected chi connectivity index (χ4v) is 3.63. The van der Waals surface area contributed by atoms with E-state index in [-0.39, 0.29) is 5.56 Å². The van der Waals surface area contributed by atoms with Gasteiger partial charge in [-0.15, -0.1) is 5.10 Å². The van der Waals surface area contributed by atoms with Crippen LogP contribution in [0.5, 0.6) is 0 Å². The molecule has 26 heavy (non-hydrogen) atoms. The molecule has 0 atom stereocenters. The SMILES string of the molecule is O=c1c(=Cc2ccc(Cl)c(Cl)c2)sc2nc(C=Cc3ccccc3)nn12. The van der Waals surface area contributed by atoms with Gasteiger partial charge in [0, 0.05) is 0 Å². The summed E-state index contributed by atoms with van der Waals surface area (Å²) < 4.78 is 1.86. The van der Waals surface area contributed by atoms with E-state index in [0.29, 0.717) is 25.4 Å². The second kappa shape index (κ2) is 7.03. The van der Waals surface area contributed by atoms with Crippen molar-refractivity contribution < 1.29 is 0 Å². The number of benzene rings is 2. The van der Waals surface area contributed by atoms with Gasteiger partial charge in [-0.05, 0) is 35.4 Å². The van der Waals surface area contributed by atoms with E-state index >= 15 is 0 Å². The fraction of sp³-hybridized carbons (Fsp3) is 0. The average molecular weight is 400 g/mol. The third kappa shape index (κ3) is 3.42. The molecule has 0 amide bonds. The Kier molecular flexibility index (Phi) is 4.59. The molecule has 128 valence electrons. The zero-order valence-corrected chi connectivity index (χ0v) is 15.6. The Morgan fingerprint density at radius 1 is 0.962 bits per heavy atom. The van der Waals surface area contributed by atoms with Crippen LogP contribution in [0, 0.1) is 0 Å². The minimum absolute atomic E-state index is 0.206. The molecular formula is C19H11Cl2N3OS. The van der Waals surface area contributed by atoms with Crippen LogP contribution in [0.15, 0.2) is 53.3 Å². The fourth-order valence-electron chi connectivity index (χ4n) is 2.41. The first kappa shape index (κ1) is 17.0. The molecule has 4 nitrogen and oxygen atoms in total. The zero-order valence-electron chi connectivity index (χ0n) is 13.3. The standard InChI is InChI=1S/C19H11Cl2N3OS/c20-14-8-6-13(10-15(14)21)11-16-18(25)24-19(26-16)22-17(23-24)9-7-12-4-2-1-3-5-12/h1-11H. The van der Waals surface area contributed by atoms with Crippen LogP contribution in [0.25, 0.3) is 23.2 Å². The first-order valence-corrected chi connectivity index (χ1v) is 9.27. The van der Waals surface area contributed by atoms with Crippen LogP contribution in [0.4, 0.5) is 0 Å². The summed E-state index contributed by atoms with van der Waals surface area (Å²) in [4.78, 5) is 17.5. The number of hydrogen-bond acceptors (Lipinski definition) is 4. The van der Waals surface area contributed by atoms with Crippen molar-refractivity contribution in [2.75, 3.05) is 0 Å². The number of fused-ring (bicyclic) bond motifs is 1. The monoisotopic (exact) mass is 399 g/mol. The van der Waals surface area contributed by atoms with Gasteiger partial charge < -0.3 is 0 Å². The summed E-state index contributed by atoms with van der Waals surface area (Å²) in [5, 5.41) is 5.19. The van der Waals surface area contributed by atoms with Crippen molar-refractivity contribution in [2.45, 2.75) is 0 Å². The van der Waals surface area contributed by atoms with Gasteiger partial charge in [-0.1, -0.05) is 77.0 Å². The van der Waals surface area contributed by atoms with E-state index in [2.05, 4.69) is 10.1 Å². The van der Waals surface area contributed by atoms with Crippen LogP contribution >= 0.6 is 34.5 Å². The number of nitrogens with zero attached hydrogens (tertiary/aromatic N) is 3. The Balaban J connectivity index is 1.69. The van der Waals surface area contributed by atoms with Gasteiger partial charge in [0.15, 0.2) is 5.82 Å². The van der Waals surface area contributed by atoms with Crippen molar-refractivity contribution in [1.29, 1.82) is 0 Å². The van der Waals surface area contributed by atoms with E-state index in [4.69, 9.17) is 23.2 Å². The Labute approximate surface area is 162 Å². The molecule has 0 spiro atoms. The van der Waals surface area contributed by atoms with E-state index in [0.717, 1.165) is 11.1 Å². The third-order valence-electron chi connectivity index (χ3n) is 3.66. The Hall–Kier alpha value is -2.47. The van der Waals surface area contributed by atoms with Gasteiger partial charge in [0.25, 0.3) is 5.56 Å².